The van der Waals surface area contributed by atoms with Crippen molar-refractivity contribution in [1.82, 2.24) is 9.55 Å². The van der Waals surface area contributed by atoms with Crippen molar-refractivity contribution in [1.29, 1.82) is 0 Å². The van der Waals surface area contributed by atoms with Gasteiger partial charge >= 0.3 is 0 Å². The van der Waals surface area contributed by atoms with Gasteiger partial charge in [-0.05, 0) is 26.7 Å². The maximum Gasteiger partial charge on any atom is 0.203 e. The minimum Gasteiger partial charge on any atom is -0.353 e. The molecule has 0 saturated heterocycles. The zero-order chi connectivity index (χ0) is 14.8. The molecule has 0 spiro atoms. The van der Waals surface area contributed by atoms with Gasteiger partial charge in [0.15, 0.2) is 9.84 Å². The van der Waals surface area contributed by atoms with Crippen LogP contribution in [0.2, 0.25) is 0 Å². The molecular weight excluding hydrogens is 274 g/mol. The lowest BCUT2D eigenvalue weighted by molar-refractivity contribution is 0.455. The first-order valence-electron chi connectivity index (χ1n) is 7.27. The lowest BCUT2D eigenvalue weighted by Crippen LogP contribution is -2.36. The van der Waals surface area contributed by atoms with Gasteiger partial charge in [0.25, 0.3) is 0 Å². The van der Waals surface area contributed by atoms with E-state index in [1.165, 1.54) is 38.4 Å². The highest BCUT2D eigenvalue weighted by molar-refractivity contribution is 7.92. The van der Waals surface area contributed by atoms with Crippen LogP contribution >= 0.6 is 0 Å². The maximum absolute atomic E-state index is 11.8. The number of hydrogen-bond donors (Lipinski definition) is 1. The van der Waals surface area contributed by atoms with E-state index in [2.05, 4.69) is 10.3 Å². The fourth-order valence-corrected chi connectivity index (χ4v) is 2.91. The Hall–Kier alpha value is -1.04. The topological polar surface area (TPSA) is 64.0 Å². The summed E-state index contributed by atoms with van der Waals surface area (Å²) in [6, 6.07) is 0.464. The van der Waals surface area contributed by atoms with Crippen LogP contribution < -0.4 is 5.32 Å². The summed E-state index contributed by atoms with van der Waals surface area (Å²) in [7, 11) is -3.10. The van der Waals surface area contributed by atoms with Crippen LogP contribution in [0, 0.1) is 0 Å². The summed E-state index contributed by atoms with van der Waals surface area (Å²) < 4.78 is 24.8. The fraction of sp³-hybridized carbons (Fsp3) is 0.786. The molecule has 1 heterocycles. The molecule has 0 atom stereocenters. The second kappa shape index (κ2) is 5.76. The van der Waals surface area contributed by atoms with Crippen molar-refractivity contribution >= 4 is 15.8 Å². The van der Waals surface area contributed by atoms with Crippen LogP contribution in [0.25, 0.3) is 0 Å². The zero-order valence-electron chi connectivity index (χ0n) is 12.6. The van der Waals surface area contributed by atoms with E-state index >= 15 is 0 Å². The molecule has 0 unspecified atom stereocenters. The largest absolute Gasteiger partial charge is 0.353 e. The van der Waals surface area contributed by atoms with Gasteiger partial charge in [0.1, 0.15) is 0 Å². The number of sulfone groups is 1. The SMILES string of the molecule is CC(C)(Cn1ccnc1NC1CCCCC1)S(C)(=O)=O. The van der Waals surface area contributed by atoms with Gasteiger partial charge in [-0.15, -0.1) is 0 Å². The predicted molar refractivity (Wildman–Crippen MR) is 81.6 cm³/mol. The number of nitrogens with zero attached hydrogens (tertiary/aromatic N) is 2. The summed E-state index contributed by atoms with van der Waals surface area (Å²) in [6.07, 6.45) is 11.0. The summed E-state index contributed by atoms with van der Waals surface area (Å²) in [5.74, 6) is 0.786. The van der Waals surface area contributed by atoms with Crippen molar-refractivity contribution in [3.8, 4) is 0 Å². The van der Waals surface area contributed by atoms with Crippen LogP contribution in [0.1, 0.15) is 46.0 Å². The van der Waals surface area contributed by atoms with Crippen molar-refractivity contribution < 1.29 is 8.42 Å². The van der Waals surface area contributed by atoms with E-state index in [1.54, 1.807) is 20.0 Å². The standard InChI is InChI=1S/C14H25N3O2S/c1-14(2,20(3,18)19)11-17-10-9-15-13(17)16-12-7-5-4-6-8-12/h9-10,12H,4-8,11H2,1-3H3,(H,15,16). The van der Waals surface area contributed by atoms with Gasteiger partial charge in [0.2, 0.25) is 5.95 Å². The van der Waals surface area contributed by atoms with E-state index < -0.39 is 14.6 Å². The molecule has 1 saturated carbocycles. The Morgan fingerprint density at radius 3 is 2.60 bits per heavy atom. The minimum absolute atomic E-state index is 0.418. The predicted octanol–water partition coefficient (Wildman–Crippen LogP) is 2.45. The molecule has 1 fully saturated rings. The number of rotatable bonds is 5. The smallest absolute Gasteiger partial charge is 0.203 e. The van der Waals surface area contributed by atoms with E-state index in [4.69, 9.17) is 0 Å². The molecule has 6 heteroatoms. The van der Waals surface area contributed by atoms with Gasteiger partial charge in [-0.1, -0.05) is 19.3 Å². The van der Waals surface area contributed by atoms with Crippen LogP contribution in [0.5, 0.6) is 0 Å². The van der Waals surface area contributed by atoms with Crippen LogP contribution in [-0.4, -0.2) is 35.0 Å². The first-order chi connectivity index (χ1) is 9.29. The van der Waals surface area contributed by atoms with Crippen molar-refractivity contribution in [2.45, 2.75) is 63.3 Å². The quantitative estimate of drug-likeness (QED) is 0.907. The van der Waals surface area contributed by atoms with Gasteiger partial charge in [-0.2, -0.15) is 0 Å². The van der Waals surface area contributed by atoms with E-state index in [0.29, 0.717) is 12.6 Å². The van der Waals surface area contributed by atoms with Crippen LogP contribution in [0.3, 0.4) is 0 Å². The third-order valence-corrected chi connectivity index (χ3v) is 6.35. The van der Waals surface area contributed by atoms with Crippen molar-refractivity contribution in [3.05, 3.63) is 12.4 Å². The monoisotopic (exact) mass is 299 g/mol. The minimum atomic E-state index is -3.10. The van der Waals surface area contributed by atoms with E-state index in [9.17, 15) is 8.42 Å². The number of hydrogen-bond acceptors (Lipinski definition) is 4. The highest BCUT2D eigenvalue weighted by Gasteiger charge is 2.31. The van der Waals surface area contributed by atoms with Crippen LogP contribution in [0.4, 0.5) is 5.95 Å². The lowest BCUT2D eigenvalue weighted by Gasteiger charge is -2.27. The molecule has 1 aliphatic rings. The normalized spacial score (nSPS) is 18.1. The summed E-state index contributed by atoms with van der Waals surface area (Å²) in [6.45, 7) is 3.93. The Morgan fingerprint density at radius 1 is 1.35 bits per heavy atom. The van der Waals surface area contributed by atoms with E-state index in [-0.39, 0.29) is 0 Å². The van der Waals surface area contributed by atoms with Crippen LogP contribution in [-0.2, 0) is 16.4 Å². The number of nitrogens with one attached hydrogen (secondary N) is 1. The van der Waals surface area contributed by atoms with Gasteiger partial charge in [-0.25, -0.2) is 13.4 Å². The van der Waals surface area contributed by atoms with Crippen LogP contribution in [0.15, 0.2) is 12.4 Å². The molecule has 0 aromatic carbocycles. The van der Waals surface area contributed by atoms with Crippen molar-refractivity contribution in [2.24, 2.45) is 0 Å². The molecule has 1 aromatic rings. The number of imidazole rings is 1. The molecular formula is C14H25N3O2S. The second-order valence-corrected chi connectivity index (χ2v) is 9.04. The lowest BCUT2D eigenvalue weighted by atomic mass is 9.96. The molecule has 114 valence electrons. The molecule has 1 aromatic heterocycles. The van der Waals surface area contributed by atoms with E-state index in [1.807, 2.05) is 10.8 Å². The molecule has 1 aliphatic carbocycles. The first kappa shape index (κ1) is 15.4. The molecule has 2 rings (SSSR count). The summed E-state index contributed by atoms with van der Waals surface area (Å²) in [5, 5.41) is 3.46. The molecule has 0 aliphatic heterocycles. The van der Waals surface area contributed by atoms with E-state index in [0.717, 1.165) is 5.95 Å². The first-order valence-corrected chi connectivity index (χ1v) is 9.16. The van der Waals surface area contributed by atoms with Gasteiger partial charge in [0.05, 0.1) is 4.75 Å². The number of anilines is 1. The molecule has 0 amide bonds. The van der Waals surface area contributed by atoms with Gasteiger partial charge in [-0.3, -0.25) is 0 Å². The molecule has 1 N–H and O–H groups in total. The van der Waals surface area contributed by atoms with Gasteiger partial charge < -0.3 is 9.88 Å². The Balaban J connectivity index is 2.08. The van der Waals surface area contributed by atoms with Gasteiger partial charge in [0, 0.05) is 31.2 Å². The highest BCUT2D eigenvalue weighted by atomic mass is 32.2. The third-order valence-electron chi connectivity index (χ3n) is 4.21. The average Bonchev–Trinajstić information content (AvgIpc) is 2.76. The average molecular weight is 299 g/mol. The highest BCUT2D eigenvalue weighted by Crippen LogP contribution is 2.23. The summed E-state index contributed by atoms with van der Waals surface area (Å²) in [5.41, 5.74) is 0. The molecule has 0 radical (unpaired) electrons. The summed E-state index contributed by atoms with van der Waals surface area (Å²) >= 11 is 0. The molecule has 0 bridgehead atoms. The molecule has 20 heavy (non-hydrogen) atoms. The second-order valence-electron chi connectivity index (χ2n) is 6.39. The number of aromatic nitrogens is 2. The Labute approximate surface area is 121 Å². The summed E-state index contributed by atoms with van der Waals surface area (Å²) in [4.78, 5) is 4.33. The van der Waals surface area contributed by atoms with Crippen molar-refractivity contribution in [2.75, 3.05) is 11.6 Å². The Morgan fingerprint density at radius 2 is 2.00 bits per heavy atom. The van der Waals surface area contributed by atoms with Crippen molar-refractivity contribution in [3.63, 3.8) is 0 Å². The Kier molecular flexibility index (Phi) is 4.42. The zero-order valence-corrected chi connectivity index (χ0v) is 13.4. The Bertz CT molecular complexity index is 543. The maximum atomic E-state index is 11.8. The fourth-order valence-electron chi connectivity index (χ4n) is 2.53. The third kappa shape index (κ3) is 3.53. The molecule has 5 nitrogen and oxygen atoms in total.